The number of benzene rings is 3. The van der Waals surface area contributed by atoms with Gasteiger partial charge in [0, 0.05) is 8.07 Å². The summed E-state index contributed by atoms with van der Waals surface area (Å²) in [7, 11) is -1.33. The summed E-state index contributed by atoms with van der Waals surface area (Å²) >= 11 is 0. The van der Waals surface area contributed by atoms with Gasteiger partial charge in [-0.25, -0.2) is 4.79 Å². The Kier molecular flexibility index (Phi) is 8.02. The fourth-order valence-corrected chi connectivity index (χ4v) is 4.31. The highest BCUT2D eigenvalue weighted by atomic mass is 28.3. The molecule has 0 aromatic heterocycles. The smallest absolute Gasteiger partial charge is 0.337 e. The molecular formula is C27H32O4Si. The van der Waals surface area contributed by atoms with Gasteiger partial charge in [0.05, 0.1) is 13.2 Å². The Morgan fingerprint density at radius 1 is 0.812 bits per heavy atom. The minimum Gasteiger partial charge on any atom is -0.464 e. The Morgan fingerprint density at radius 3 is 1.59 bits per heavy atom. The molecule has 0 aliphatic carbocycles. The quantitative estimate of drug-likeness (QED) is 0.262. The van der Waals surface area contributed by atoms with Crippen LogP contribution in [-0.4, -0.2) is 38.5 Å². The van der Waals surface area contributed by atoms with Crippen molar-refractivity contribution in [3.8, 4) is 0 Å². The zero-order valence-electron chi connectivity index (χ0n) is 19.0. The molecule has 168 valence electrons. The standard InChI is InChI=1S/C27H32O4Si/c1-32(2,3)20-19-30-26(29)25(28)21-31-27(22-13-7-4-8-14-22,23-15-9-5-10-16-23)24-17-11-6-12-18-24/h4-18,25,28H,19-21H2,1-3H3. The van der Waals surface area contributed by atoms with Gasteiger partial charge in [-0.2, -0.15) is 0 Å². The lowest BCUT2D eigenvalue weighted by Crippen LogP contribution is -2.38. The number of carbonyl (C=O) groups is 1. The van der Waals surface area contributed by atoms with E-state index in [4.69, 9.17) is 9.47 Å². The normalized spacial score (nSPS) is 12.9. The summed E-state index contributed by atoms with van der Waals surface area (Å²) in [4.78, 5) is 12.4. The molecular weight excluding hydrogens is 416 g/mol. The van der Waals surface area contributed by atoms with Gasteiger partial charge in [0.15, 0.2) is 6.10 Å². The number of aliphatic hydroxyl groups is 1. The largest absolute Gasteiger partial charge is 0.464 e. The predicted molar refractivity (Wildman–Crippen MR) is 130 cm³/mol. The van der Waals surface area contributed by atoms with Crippen LogP contribution in [-0.2, 0) is 19.9 Å². The van der Waals surface area contributed by atoms with E-state index in [-0.39, 0.29) is 6.61 Å². The molecule has 0 aliphatic rings. The third kappa shape index (κ3) is 5.94. The van der Waals surface area contributed by atoms with Gasteiger partial charge in [0.1, 0.15) is 5.60 Å². The fraction of sp³-hybridized carbons (Fsp3) is 0.296. The molecule has 5 heteroatoms. The van der Waals surface area contributed by atoms with Gasteiger partial charge >= 0.3 is 5.97 Å². The third-order valence-corrected chi connectivity index (χ3v) is 7.07. The number of hydrogen-bond acceptors (Lipinski definition) is 4. The lowest BCUT2D eigenvalue weighted by Gasteiger charge is -2.36. The van der Waals surface area contributed by atoms with Crippen molar-refractivity contribution < 1.29 is 19.4 Å². The molecule has 0 bridgehead atoms. The van der Waals surface area contributed by atoms with E-state index in [1.165, 1.54) is 0 Å². The highest BCUT2D eigenvalue weighted by Gasteiger charge is 2.38. The van der Waals surface area contributed by atoms with Crippen molar-refractivity contribution in [2.24, 2.45) is 0 Å². The molecule has 0 heterocycles. The van der Waals surface area contributed by atoms with E-state index in [9.17, 15) is 9.90 Å². The Bertz CT molecular complexity index is 872. The van der Waals surface area contributed by atoms with Crippen molar-refractivity contribution in [1.29, 1.82) is 0 Å². The molecule has 3 rings (SSSR count). The van der Waals surface area contributed by atoms with Gasteiger partial charge in [-0.05, 0) is 22.7 Å². The average molecular weight is 449 g/mol. The first-order valence-corrected chi connectivity index (χ1v) is 14.7. The van der Waals surface area contributed by atoms with Gasteiger partial charge in [0.25, 0.3) is 0 Å². The number of esters is 1. The minimum atomic E-state index is -1.37. The second-order valence-corrected chi connectivity index (χ2v) is 14.7. The summed E-state index contributed by atoms with van der Waals surface area (Å²) in [5.41, 5.74) is 1.76. The number of carbonyl (C=O) groups excluding carboxylic acids is 1. The van der Waals surface area contributed by atoms with E-state index in [1.807, 2.05) is 91.0 Å². The highest BCUT2D eigenvalue weighted by molar-refractivity contribution is 6.76. The third-order valence-electron chi connectivity index (χ3n) is 5.37. The number of rotatable bonds is 10. The van der Waals surface area contributed by atoms with Crippen LogP contribution in [0.1, 0.15) is 16.7 Å². The molecule has 3 aromatic carbocycles. The zero-order chi connectivity index (χ0) is 23.0. The van der Waals surface area contributed by atoms with E-state index in [2.05, 4.69) is 19.6 Å². The minimum absolute atomic E-state index is 0.190. The number of hydrogen-bond donors (Lipinski definition) is 1. The van der Waals surface area contributed by atoms with E-state index >= 15 is 0 Å². The topological polar surface area (TPSA) is 55.8 Å². The molecule has 3 aromatic rings. The second kappa shape index (κ2) is 10.7. The van der Waals surface area contributed by atoms with E-state index < -0.39 is 25.7 Å². The van der Waals surface area contributed by atoms with Crippen LogP contribution in [0.15, 0.2) is 91.0 Å². The highest BCUT2D eigenvalue weighted by Crippen LogP contribution is 2.40. The molecule has 1 N–H and O–H groups in total. The molecule has 0 amide bonds. The maximum atomic E-state index is 12.4. The van der Waals surface area contributed by atoms with E-state index in [0.29, 0.717) is 6.61 Å². The summed E-state index contributed by atoms with van der Waals surface area (Å²) in [6, 6.07) is 30.5. The van der Waals surface area contributed by atoms with Gasteiger partial charge < -0.3 is 14.6 Å². The lowest BCUT2D eigenvalue weighted by atomic mass is 9.80. The zero-order valence-corrected chi connectivity index (χ0v) is 20.0. The number of ether oxygens (including phenoxy) is 2. The second-order valence-electron chi connectivity index (χ2n) is 9.08. The average Bonchev–Trinajstić information content (AvgIpc) is 2.80. The Hall–Kier alpha value is -2.73. The van der Waals surface area contributed by atoms with Crippen molar-refractivity contribution in [2.45, 2.75) is 37.4 Å². The Balaban J connectivity index is 1.91. The van der Waals surface area contributed by atoms with Crippen LogP contribution in [0.5, 0.6) is 0 Å². The SMILES string of the molecule is C[Si](C)(C)CCOC(=O)C(O)COC(c1ccccc1)(c1ccccc1)c1ccccc1. The van der Waals surface area contributed by atoms with Crippen LogP contribution < -0.4 is 0 Å². The van der Waals surface area contributed by atoms with Crippen molar-refractivity contribution >= 4 is 14.0 Å². The van der Waals surface area contributed by atoms with Crippen molar-refractivity contribution in [3.05, 3.63) is 108 Å². The van der Waals surface area contributed by atoms with E-state index in [0.717, 1.165) is 22.7 Å². The van der Waals surface area contributed by atoms with Crippen LogP contribution in [0.3, 0.4) is 0 Å². The molecule has 0 radical (unpaired) electrons. The van der Waals surface area contributed by atoms with Gasteiger partial charge in [-0.1, -0.05) is 111 Å². The summed E-state index contributed by atoms with van der Waals surface area (Å²) in [6.45, 7) is 6.79. The molecule has 4 nitrogen and oxygen atoms in total. The molecule has 1 unspecified atom stereocenters. The summed E-state index contributed by atoms with van der Waals surface area (Å²) in [5, 5.41) is 10.6. The molecule has 0 saturated heterocycles. The first-order chi connectivity index (χ1) is 15.3. The Labute approximate surface area is 191 Å². The van der Waals surface area contributed by atoms with Gasteiger partial charge in [-0.3, -0.25) is 0 Å². The van der Waals surface area contributed by atoms with Crippen LogP contribution >= 0.6 is 0 Å². The van der Waals surface area contributed by atoms with Gasteiger partial charge in [-0.15, -0.1) is 0 Å². The van der Waals surface area contributed by atoms with Crippen molar-refractivity contribution in [3.63, 3.8) is 0 Å². The first kappa shape index (κ1) is 23.9. The molecule has 0 spiro atoms. The first-order valence-electron chi connectivity index (χ1n) is 11.0. The van der Waals surface area contributed by atoms with E-state index in [1.54, 1.807) is 0 Å². The maximum Gasteiger partial charge on any atom is 0.337 e. The summed E-state index contributed by atoms with van der Waals surface area (Å²) < 4.78 is 11.8. The van der Waals surface area contributed by atoms with Crippen LogP contribution in [0.4, 0.5) is 0 Å². The maximum absolute atomic E-state index is 12.4. The molecule has 0 saturated carbocycles. The molecule has 0 fully saturated rings. The molecule has 0 aliphatic heterocycles. The lowest BCUT2D eigenvalue weighted by molar-refractivity contribution is -0.158. The monoisotopic (exact) mass is 448 g/mol. The molecule has 1 atom stereocenters. The summed E-state index contributed by atoms with van der Waals surface area (Å²) in [6.07, 6.45) is -1.37. The van der Waals surface area contributed by atoms with Crippen LogP contribution in [0, 0.1) is 0 Å². The molecule has 32 heavy (non-hydrogen) atoms. The van der Waals surface area contributed by atoms with Crippen LogP contribution in [0.25, 0.3) is 0 Å². The Morgan fingerprint density at radius 2 is 1.22 bits per heavy atom. The summed E-state index contributed by atoms with van der Waals surface area (Å²) in [5.74, 6) is -0.647. The fourth-order valence-electron chi connectivity index (χ4n) is 3.59. The predicted octanol–water partition coefficient (Wildman–Crippen LogP) is 5.24. The van der Waals surface area contributed by atoms with Crippen molar-refractivity contribution in [2.75, 3.05) is 13.2 Å². The van der Waals surface area contributed by atoms with Crippen LogP contribution in [0.2, 0.25) is 25.7 Å². The number of aliphatic hydroxyl groups excluding tert-OH is 1. The van der Waals surface area contributed by atoms with Gasteiger partial charge in [0.2, 0.25) is 0 Å². The van der Waals surface area contributed by atoms with Crippen molar-refractivity contribution in [1.82, 2.24) is 0 Å².